The third-order valence-electron chi connectivity index (χ3n) is 12.3. The summed E-state index contributed by atoms with van der Waals surface area (Å²) in [5.74, 6) is 2.89. The van der Waals surface area contributed by atoms with Crippen molar-refractivity contribution in [3.05, 3.63) is 118 Å². The summed E-state index contributed by atoms with van der Waals surface area (Å²) in [6.07, 6.45) is 11.1. The standard InChI is InChI=1S/2C19H19O.C6H10.2ClH.Zr/c2*1-13(2)16-11-15-5-4-6-18(19(15)12-16)14-7-9-17(20-3)10-8-14;1-2-4-6-5-3-1;;;/h2*4-13H,1-3H3;1-2H,3-6H2;2*1H;/q;;;;;+2/p-2. The third-order valence-corrected chi connectivity index (χ3v) is 29.1. The van der Waals surface area contributed by atoms with Crippen LogP contribution in [0.15, 0.2) is 96.1 Å². The van der Waals surface area contributed by atoms with E-state index < -0.39 is 20.3 Å². The molecule has 4 aliphatic rings. The van der Waals surface area contributed by atoms with E-state index in [9.17, 15) is 0 Å². The first-order valence-electron chi connectivity index (χ1n) is 17.9. The number of benzene rings is 4. The molecule has 49 heavy (non-hydrogen) atoms. The van der Waals surface area contributed by atoms with Crippen molar-refractivity contribution in [1.29, 1.82) is 0 Å². The Bertz CT molecular complexity index is 1750. The van der Waals surface area contributed by atoms with Gasteiger partial charge in [-0.15, -0.1) is 0 Å². The van der Waals surface area contributed by atoms with Gasteiger partial charge in [0.15, 0.2) is 0 Å². The van der Waals surface area contributed by atoms with E-state index >= 15 is 0 Å². The summed E-state index contributed by atoms with van der Waals surface area (Å²) in [6.45, 7) is 9.86. The van der Waals surface area contributed by atoms with Crippen LogP contribution in [0.1, 0.15) is 82.9 Å². The van der Waals surface area contributed by atoms with Gasteiger partial charge in [-0.2, -0.15) is 0 Å². The van der Waals surface area contributed by atoms with Gasteiger partial charge in [0.1, 0.15) is 0 Å². The predicted molar refractivity (Wildman–Crippen MR) is 194 cm³/mol. The molecule has 5 heteroatoms. The number of hydrogen-bond acceptors (Lipinski definition) is 2. The van der Waals surface area contributed by atoms with E-state index in [-0.39, 0.29) is 24.8 Å². The van der Waals surface area contributed by atoms with Crippen LogP contribution in [0.3, 0.4) is 0 Å². The van der Waals surface area contributed by atoms with E-state index in [4.69, 9.17) is 9.47 Å². The van der Waals surface area contributed by atoms with Gasteiger partial charge in [0.05, 0.1) is 0 Å². The Morgan fingerprint density at radius 2 is 0.939 bits per heavy atom. The predicted octanol–water partition coefficient (Wildman–Crippen LogP) is 6.25. The molecule has 4 unspecified atom stereocenters. The molecular formula is C44H48Cl2O2Zr. The largest absolute Gasteiger partial charge is 1.00 e. The Morgan fingerprint density at radius 1 is 0.551 bits per heavy atom. The Kier molecular flexibility index (Phi) is 10.5. The number of rotatable bonds is 8. The molecule has 0 amide bonds. The molecule has 2 fully saturated rings. The number of fused-ring (bicyclic) bond motifs is 3. The van der Waals surface area contributed by atoms with Crippen LogP contribution in [0.2, 0.25) is 7.25 Å². The molecule has 1 aliphatic heterocycles. The fourth-order valence-corrected chi connectivity index (χ4v) is 34.0. The smallest absolute Gasteiger partial charge is 1.00 e. The Labute approximate surface area is 310 Å². The molecule has 1 saturated carbocycles. The maximum absolute atomic E-state index is 5.52. The minimum absolute atomic E-state index is 0. The molecular weight excluding hydrogens is 723 g/mol. The molecule has 0 bridgehead atoms. The number of allylic oxidation sites excluding steroid dienone is 2. The monoisotopic (exact) mass is 768 g/mol. The first-order valence-corrected chi connectivity index (χ1v) is 23.5. The zero-order valence-electron chi connectivity index (χ0n) is 29.6. The fraction of sp³-hybridized carbons (Fsp3) is 0.364. The third kappa shape index (κ3) is 5.71. The molecule has 0 aromatic heterocycles. The van der Waals surface area contributed by atoms with Crippen LogP contribution in [0.25, 0.3) is 34.4 Å². The van der Waals surface area contributed by atoms with Crippen molar-refractivity contribution >= 4 is 12.2 Å². The molecule has 4 aromatic carbocycles. The molecule has 2 nitrogen and oxygen atoms in total. The molecule has 4 aromatic rings. The Balaban J connectivity index is 0.00000208. The van der Waals surface area contributed by atoms with Gasteiger partial charge >= 0.3 is 288 Å². The average molecular weight is 771 g/mol. The second kappa shape index (κ2) is 14.2. The van der Waals surface area contributed by atoms with Gasteiger partial charge in [-0.1, -0.05) is 0 Å². The molecule has 254 valence electrons. The molecule has 1 saturated heterocycles. The van der Waals surface area contributed by atoms with Crippen LogP contribution < -0.4 is 34.3 Å². The number of hydrogen-bond donors (Lipinski definition) is 0. The molecule has 3 aliphatic carbocycles. The van der Waals surface area contributed by atoms with Gasteiger partial charge in [-0.25, -0.2) is 0 Å². The minimum Gasteiger partial charge on any atom is -1.00 e. The van der Waals surface area contributed by atoms with Crippen molar-refractivity contribution in [3.63, 3.8) is 0 Å². The van der Waals surface area contributed by atoms with Crippen LogP contribution in [0, 0.1) is 11.8 Å². The van der Waals surface area contributed by atoms with Crippen molar-refractivity contribution in [1.82, 2.24) is 0 Å². The van der Waals surface area contributed by atoms with Crippen molar-refractivity contribution in [2.45, 2.75) is 67.9 Å². The zero-order valence-corrected chi connectivity index (χ0v) is 33.6. The van der Waals surface area contributed by atoms with Crippen LogP contribution in [-0.2, 0) is 20.3 Å². The summed E-state index contributed by atoms with van der Waals surface area (Å²) < 4.78 is 14.2. The molecule has 0 spiro atoms. The van der Waals surface area contributed by atoms with Gasteiger partial charge in [0, 0.05) is 0 Å². The molecule has 0 N–H and O–H groups in total. The van der Waals surface area contributed by atoms with E-state index in [1.165, 1.54) is 59.1 Å². The summed E-state index contributed by atoms with van der Waals surface area (Å²) in [6, 6.07) is 31.9. The summed E-state index contributed by atoms with van der Waals surface area (Å²) in [7, 11) is 3.50. The van der Waals surface area contributed by atoms with Gasteiger partial charge in [0.25, 0.3) is 0 Å². The fourth-order valence-electron chi connectivity index (χ4n) is 10.3. The van der Waals surface area contributed by atoms with E-state index in [1.54, 1.807) is 36.5 Å². The van der Waals surface area contributed by atoms with Crippen LogP contribution >= 0.6 is 0 Å². The van der Waals surface area contributed by atoms with E-state index in [1.807, 2.05) is 0 Å². The van der Waals surface area contributed by atoms with E-state index in [2.05, 4.69) is 125 Å². The molecule has 8 rings (SSSR count). The van der Waals surface area contributed by atoms with E-state index in [0.717, 1.165) is 18.8 Å². The number of ether oxygens (including phenoxy) is 2. The maximum atomic E-state index is 5.52. The van der Waals surface area contributed by atoms with Crippen LogP contribution in [0.4, 0.5) is 0 Å². The van der Waals surface area contributed by atoms with Crippen LogP contribution in [0.5, 0.6) is 11.5 Å². The zero-order chi connectivity index (χ0) is 32.4. The van der Waals surface area contributed by atoms with E-state index in [0.29, 0.717) is 19.1 Å². The van der Waals surface area contributed by atoms with Crippen molar-refractivity contribution < 1.29 is 54.6 Å². The van der Waals surface area contributed by atoms with Gasteiger partial charge in [-0.05, 0) is 0 Å². The SMILES string of the molecule is COc1ccc(-c2cccc3c2C=C(C(C)C)[CH]3[Zr+2]2([CH]3C(C(C)C)=Cc4c(-c5ccc(OC)cc5)cccc43)[CH]3CCCC[CH]32)cc1.[Cl-].[Cl-]. The van der Waals surface area contributed by atoms with Gasteiger partial charge in [0.2, 0.25) is 0 Å². The minimum atomic E-state index is -3.11. The molecule has 1 heterocycles. The Hall–Kier alpha value is -2.58. The summed E-state index contributed by atoms with van der Waals surface area (Å²) in [5.41, 5.74) is 15.1. The average Bonchev–Trinajstić information content (AvgIpc) is 3.37. The first kappa shape index (κ1) is 36.2. The number of methoxy groups -OCH3 is 2. The van der Waals surface area contributed by atoms with Gasteiger partial charge < -0.3 is 24.8 Å². The van der Waals surface area contributed by atoms with Gasteiger partial charge in [-0.3, -0.25) is 0 Å². The van der Waals surface area contributed by atoms with Crippen molar-refractivity contribution in [3.8, 4) is 33.8 Å². The van der Waals surface area contributed by atoms with Crippen molar-refractivity contribution in [2.75, 3.05) is 14.2 Å². The molecule has 0 radical (unpaired) electrons. The second-order valence-corrected chi connectivity index (χ2v) is 26.4. The Morgan fingerprint density at radius 3 is 1.29 bits per heavy atom. The quantitative estimate of drug-likeness (QED) is 0.211. The van der Waals surface area contributed by atoms with Crippen molar-refractivity contribution in [2.24, 2.45) is 11.8 Å². The topological polar surface area (TPSA) is 18.5 Å². The maximum Gasteiger partial charge on any atom is -1.00 e. The number of halogens is 2. The summed E-state index contributed by atoms with van der Waals surface area (Å²) in [5, 5.41) is 0. The normalized spacial score (nSPS) is 23.3. The second-order valence-electron chi connectivity index (χ2n) is 15.0. The molecule has 4 atom stereocenters. The summed E-state index contributed by atoms with van der Waals surface area (Å²) in [4.78, 5) is 0. The first-order chi connectivity index (χ1) is 22.9. The summed E-state index contributed by atoms with van der Waals surface area (Å²) >= 11 is -3.11. The van der Waals surface area contributed by atoms with Crippen LogP contribution in [-0.4, -0.2) is 14.2 Å².